The van der Waals surface area contributed by atoms with E-state index in [0.717, 1.165) is 32.4 Å². The molecule has 2 heterocycles. The number of aromatic nitrogens is 4. The van der Waals surface area contributed by atoms with Crippen molar-refractivity contribution in [1.82, 2.24) is 19.8 Å². The fourth-order valence-corrected chi connectivity index (χ4v) is 3.60. The van der Waals surface area contributed by atoms with Crippen LogP contribution in [-0.2, 0) is 11.3 Å². The van der Waals surface area contributed by atoms with Gasteiger partial charge in [0.05, 0.1) is 7.11 Å². The molecular formula is C20H18N4O2S. The maximum atomic E-state index is 5.28. The molecule has 0 spiro atoms. The lowest BCUT2D eigenvalue weighted by Gasteiger charge is -2.09. The second kappa shape index (κ2) is 7.69. The van der Waals surface area contributed by atoms with Crippen molar-refractivity contribution in [2.24, 2.45) is 0 Å². The highest BCUT2D eigenvalue weighted by molar-refractivity contribution is 7.17. The predicted molar refractivity (Wildman–Crippen MR) is 106 cm³/mol. The van der Waals surface area contributed by atoms with Crippen molar-refractivity contribution < 1.29 is 9.47 Å². The lowest BCUT2D eigenvalue weighted by molar-refractivity contribution is 0.176. The topological polar surface area (TPSA) is 61.5 Å². The van der Waals surface area contributed by atoms with Crippen LogP contribution < -0.4 is 4.74 Å². The minimum atomic E-state index is 0.373. The number of benzene rings is 2. The van der Waals surface area contributed by atoms with Crippen molar-refractivity contribution in [3.63, 3.8) is 0 Å². The molecule has 27 heavy (non-hydrogen) atoms. The molecule has 4 rings (SSSR count). The summed E-state index contributed by atoms with van der Waals surface area (Å²) >= 11 is 1.49. The molecule has 7 heteroatoms. The van der Waals surface area contributed by atoms with E-state index in [-0.39, 0.29) is 0 Å². The van der Waals surface area contributed by atoms with Gasteiger partial charge in [-0.15, -0.1) is 10.2 Å². The Bertz CT molecular complexity index is 1070. The van der Waals surface area contributed by atoms with Crippen LogP contribution in [-0.4, -0.2) is 34.0 Å². The minimum absolute atomic E-state index is 0.373. The third kappa shape index (κ3) is 3.60. The van der Waals surface area contributed by atoms with Crippen LogP contribution in [0.4, 0.5) is 0 Å². The van der Waals surface area contributed by atoms with Crippen LogP contribution in [0.2, 0.25) is 0 Å². The number of ether oxygens (including phenoxy) is 2. The number of fused-ring (bicyclic) bond motifs is 1. The van der Waals surface area contributed by atoms with Gasteiger partial charge in [0.15, 0.2) is 5.82 Å². The first-order chi connectivity index (χ1) is 13.3. The van der Waals surface area contributed by atoms with Gasteiger partial charge in [0, 0.05) is 7.11 Å². The largest absolute Gasteiger partial charge is 0.497 e. The molecule has 2 aromatic heterocycles. The van der Waals surface area contributed by atoms with Gasteiger partial charge in [-0.3, -0.25) is 0 Å². The Morgan fingerprint density at radius 2 is 1.74 bits per heavy atom. The average Bonchev–Trinajstić information content (AvgIpc) is 3.28. The lowest BCUT2D eigenvalue weighted by atomic mass is 9.97. The highest BCUT2D eigenvalue weighted by Crippen LogP contribution is 2.29. The standard InChI is InChI=1S/C20H18N4O2S/c1-25-13-18-21-22-20-24(18)23-19(27-20)12-17(14-6-4-3-5-7-14)15-8-10-16(26-2)11-9-15/h3-12H,13H2,1-2H3/b17-12-. The lowest BCUT2D eigenvalue weighted by Crippen LogP contribution is -1.97. The number of hydrogen-bond donors (Lipinski definition) is 0. The zero-order valence-electron chi connectivity index (χ0n) is 15.0. The van der Waals surface area contributed by atoms with Gasteiger partial charge in [0.1, 0.15) is 17.4 Å². The van der Waals surface area contributed by atoms with E-state index >= 15 is 0 Å². The summed E-state index contributed by atoms with van der Waals surface area (Å²) in [5.41, 5.74) is 3.28. The zero-order valence-corrected chi connectivity index (χ0v) is 15.8. The van der Waals surface area contributed by atoms with Gasteiger partial charge >= 0.3 is 0 Å². The van der Waals surface area contributed by atoms with Crippen molar-refractivity contribution in [1.29, 1.82) is 0 Å². The van der Waals surface area contributed by atoms with E-state index in [4.69, 9.17) is 9.47 Å². The summed E-state index contributed by atoms with van der Waals surface area (Å²) in [5, 5.41) is 13.8. The molecule has 4 aromatic rings. The Morgan fingerprint density at radius 3 is 2.44 bits per heavy atom. The zero-order chi connectivity index (χ0) is 18.6. The summed E-state index contributed by atoms with van der Waals surface area (Å²) in [6.45, 7) is 0.373. The van der Waals surface area contributed by atoms with Crippen LogP contribution in [0.15, 0.2) is 54.6 Å². The van der Waals surface area contributed by atoms with Crippen molar-refractivity contribution in [3.05, 3.63) is 76.6 Å². The molecule has 6 nitrogen and oxygen atoms in total. The van der Waals surface area contributed by atoms with Crippen LogP contribution in [0.1, 0.15) is 22.0 Å². The average molecular weight is 378 g/mol. The number of methoxy groups -OCH3 is 2. The van der Waals surface area contributed by atoms with Crippen LogP contribution >= 0.6 is 11.3 Å². The fraction of sp³-hybridized carbons (Fsp3) is 0.150. The molecule has 0 radical (unpaired) electrons. The molecule has 0 amide bonds. The van der Waals surface area contributed by atoms with Gasteiger partial charge in [0.2, 0.25) is 4.96 Å². The van der Waals surface area contributed by atoms with E-state index in [1.165, 1.54) is 11.3 Å². The Hall–Kier alpha value is -3.03. The van der Waals surface area contributed by atoms with Crippen LogP contribution in [0.25, 0.3) is 16.6 Å². The molecule has 0 aliphatic heterocycles. The van der Waals surface area contributed by atoms with E-state index in [1.54, 1.807) is 18.7 Å². The SMILES string of the molecule is COCc1nnc2sc(/C=C(/c3ccccc3)c3ccc(OC)cc3)nn12. The molecule has 0 aliphatic carbocycles. The summed E-state index contributed by atoms with van der Waals surface area (Å²) in [6, 6.07) is 18.3. The van der Waals surface area contributed by atoms with Crippen molar-refractivity contribution in [2.75, 3.05) is 14.2 Å². The van der Waals surface area contributed by atoms with Gasteiger partial charge in [-0.05, 0) is 34.9 Å². The highest BCUT2D eigenvalue weighted by atomic mass is 32.1. The normalized spacial score (nSPS) is 11.9. The predicted octanol–water partition coefficient (Wildman–Crippen LogP) is 3.93. The van der Waals surface area contributed by atoms with E-state index in [1.807, 2.05) is 42.5 Å². The van der Waals surface area contributed by atoms with E-state index in [2.05, 4.69) is 33.5 Å². The maximum Gasteiger partial charge on any atom is 0.235 e. The molecule has 2 aromatic carbocycles. The monoisotopic (exact) mass is 378 g/mol. The molecule has 0 aliphatic rings. The van der Waals surface area contributed by atoms with Crippen LogP contribution in [0, 0.1) is 0 Å². The molecule has 0 saturated carbocycles. The molecule has 0 fully saturated rings. The summed E-state index contributed by atoms with van der Waals surface area (Å²) in [4.78, 5) is 0.746. The summed E-state index contributed by atoms with van der Waals surface area (Å²) in [5.74, 6) is 1.52. The number of nitrogens with zero attached hydrogens (tertiary/aromatic N) is 4. The molecule has 0 unspecified atom stereocenters. The van der Waals surface area contributed by atoms with Crippen molar-refractivity contribution in [3.8, 4) is 5.75 Å². The molecule has 0 N–H and O–H groups in total. The quantitative estimate of drug-likeness (QED) is 0.509. The second-order valence-corrected chi connectivity index (χ2v) is 6.82. The highest BCUT2D eigenvalue weighted by Gasteiger charge is 2.12. The summed E-state index contributed by atoms with van der Waals surface area (Å²) in [6.07, 6.45) is 2.08. The van der Waals surface area contributed by atoms with E-state index < -0.39 is 0 Å². The minimum Gasteiger partial charge on any atom is -0.497 e. The Balaban J connectivity index is 1.80. The smallest absolute Gasteiger partial charge is 0.235 e. The Morgan fingerprint density at radius 1 is 1.00 bits per heavy atom. The fourth-order valence-electron chi connectivity index (χ4n) is 2.79. The van der Waals surface area contributed by atoms with Crippen molar-refractivity contribution in [2.45, 2.75) is 6.61 Å². The Kier molecular flexibility index (Phi) is 4.95. The van der Waals surface area contributed by atoms with Gasteiger partial charge in [-0.2, -0.15) is 9.61 Å². The van der Waals surface area contributed by atoms with Crippen LogP contribution in [0.3, 0.4) is 0 Å². The molecule has 0 bridgehead atoms. The molecule has 136 valence electrons. The summed E-state index contributed by atoms with van der Waals surface area (Å²) < 4.78 is 12.2. The van der Waals surface area contributed by atoms with E-state index in [0.29, 0.717) is 12.4 Å². The second-order valence-electron chi connectivity index (χ2n) is 5.84. The van der Waals surface area contributed by atoms with Gasteiger partial charge < -0.3 is 9.47 Å². The van der Waals surface area contributed by atoms with Crippen LogP contribution in [0.5, 0.6) is 5.75 Å². The first-order valence-corrected chi connectivity index (χ1v) is 9.22. The van der Waals surface area contributed by atoms with Gasteiger partial charge in [-0.1, -0.05) is 53.8 Å². The summed E-state index contributed by atoms with van der Waals surface area (Å²) in [7, 11) is 3.30. The first kappa shape index (κ1) is 17.4. The number of hydrogen-bond acceptors (Lipinski definition) is 6. The van der Waals surface area contributed by atoms with Gasteiger partial charge in [0.25, 0.3) is 0 Å². The molecule has 0 saturated heterocycles. The van der Waals surface area contributed by atoms with Crippen molar-refractivity contribution >= 4 is 27.9 Å². The van der Waals surface area contributed by atoms with E-state index in [9.17, 15) is 0 Å². The third-order valence-electron chi connectivity index (χ3n) is 4.10. The molecule has 0 atom stereocenters. The van der Waals surface area contributed by atoms with Gasteiger partial charge in [-0.25, -0.2) is 0 Å². The first-order valence-electron chi connectivity index (χ1n) is 8.40. The molecular weight excluding hydrogens is 360 g/mol. The number of rotatable bonds is 6. The maximum absolute atomic E-state index is 5.28. The Labute approximate surface area is 160 Å². The third-order valence-corrected chi connectivity index (χ3v) is 4.94.